The predicted molar refractivity (Wildman–Crippen MR) is 101 cm³/mol. The summed E-state index contributed by atoms with van der Waals surface area (Å²) in [5.74, 6) is 0.172. The average molecular weight is 383 g/mol. The molecular formula is C18H14FN5O2S. The maximum absolute atomic E-state index is 13.3. The van der Waals surface area contributed by atoms with Gasteiger partial charge in [0.15, 0.2) is 5.16 Å². The molecular weight excluding hydrogens is 369 g/mol. The van der Waals surface area contributed by atoms with Gasteiger partial charge in [0, 0.05) is 40.9 Å². The third-order valence-electron chi connectivity index (χ3n) is 3.88. The molecule has 4 N–H and O–H groups in total. The number of pyridine rings is 1. The lowest BCUT2D eigenvalue weighted by molar-refractivity contribution is 0.628. The Labute approximate surface area is 156 Å². The smallest absolute Gasteiger partial charge is 0.264 e. The molecule has 0 amide bonds. The van der Waals surface area contributed by atoms with E-state index in [1.165, 1.54) is 36.0 Å². The van der Waals surface area contributed by atoms with E-state index in [0.29, 0.717) is 27.9 Å². The van der Waals surface area contributed by atoms with Crippen LogP contribution in [0.15, 0.2) is 63.4 Å². The van der Waals surface area contributed by atoms with E-state index in [4.69, 9.17) is 0 Å². The second kappa shape index (κ2) is 7.12. The van der Waals surface area contributed by atoms with E-state index in [1.54, 1.807) is 24.4 Å². The van der Waals surface area contributed by atoms with Gasteiger partial charge in [0.25, 0.3) is 5.56 Å². The number of nitrogens with zero attached hydrogens (tertiary/aromatic N) is 1. The van der Waals surface area contributed by atoms with Gasteiger partial charge in [0.1, 0.15) is 5.82 Å². The number of halogens is 1. The van der Waals surface area contributed by atoms with Crippen LogP contribution in [0.25, 0.3) is 22.5 Å². The van der Waals surface area contributed by atoms with Crippen molar-refractivity contribution in [3.63, 3.8) is 0 Å². The van der Waals surface area contributed by atoms with Gasteiger partial charge in [-0.3, -0.25) is 14.7 Å². The first kappa shape index (κ1) is 17.1. The number of H-pyrrole nitrogens is 4. The van der Waals surface area contributed by atoms with Crippen molar-refractivity contribution in [2.45, 2.75) is 10.9 Å². The Kier molecular flexibility index (Phi) is 4.51. The second-order valence-electron chi connectivity index (χ2n) is 5.79. The monoisotopic (exact) mass is 383 g/mol. The molecule has 0 radical (unpaired) electrons. The van der Waals surface area contributed by atoms with Crippen molar-refractivity contribution in [1.29, 1.82) is 0 Å². The van der Waals surface area contributed by atoms with Crippen LogP contribution in [0, 0.1) is 5.82 Å². The highest BCUT2D eigenvalue weighted by Gasteiger charge is 2.15. The van der Waals surface area contributed by atoms with Crippen LogP contribution in [0.5, 0.6) is 0 Å². The largest absolute Gasteiger partial charge is 0.332 e. The zero-order valence-corrected chi connectivity index (χ0v) is 14.7. The first-order valence-corrected chi connectivity index (χ1v) is 9.01. The molecule has 0 spiro atoms. The van der Waals surface area contributed by atoms with Gasteiger partial charge in [-0.2, -0.15) is 0 Å². The van der Waals surface area contributed by atoms with Crippen LogP contribution in [0.3, 0.4) is 0 Å². The standard InChI is InChI=1S/C18H14FN5O2S/c19-12-3-1-10(2-4-12)16-17(11-5-6-20-14(25)7-11)22-18(21-16)27-9-13-8-15(26)24-23-13/h1-8H,9H2,(H,20,25)(H,21,22)(H2,23,24,26). The quantitative estimate of drug-likeness (QED) is 0.397. The highest BCUT2D eigenvalue weighted by Crippen LogP contribution is 2.32. The summed E-state index contributed by atoms with van der Waals surface area (Å²) in [4.78, 5) is 33.3. The number of aromatic nitrogens is 5. The fourth-order valence-corrected chi connectivity index (χ4v) is 3.42. The Bertz CT molecular complexity index is 1190. The average Bonchev–Trinajstić information content (AvgIpc) is 3.27. The zero-order valence-electron chi connectivity index (χ0n) is 13.9. The van der Waals surface area contributed by atoms with Crippen molar-refractivity contribution in [3.8, 4) is 22.5 Å². The third kappa shape index (κ3) is 3.77. The molecule has 3 heterocycles. The van der Waals surface area contributed by atoms with E-state index in [-0.39, 0.29) is 16.9 Å². The number of aromatic amines is 4. The molecule has 0 aliphatic rings. The number of hydrogen-bond acceptors (Lipinski definition) is 4. The molecule has 3 aromatic heterocycles. The normalized spacial score (nSPS) is 11.0. The van der Waals surface area contributed by atoms with E-state index in [2.05, 4.69) is 25.1 Å². The second-order valence-corrected chi connectivity index (χ2v) is 6.75. The molecule has 0 bridgehead atoms. The lowest BCUT2D eigenvalue weighted by atomic mass is 10.1. The van der Waals surface area contributed by atoms with Gasteiger partial charge in [-0.25, -0.2) is 9.37 Å². The van der Waals surface area contributed by atoms with Gasteiger partial charge in [-0.05, 0) is 30.3 Å². The summed E-state index contributed by atoms with van der Waals surface area (Å²) in [5, 5.41) is 5.89. The fraction of sp³-hybridized carbons (Fsp3) is 0.0556. The first-order valence-electron chi connectivity index (χ1n) is 8.03. The lowest BCUT2D eigenvalue weighted by Crippen LogP contribution is -2.02. The van der Waals surface area contributed by atoms with Crippen molar-refractivity contribution in [1.82, 2.24) is 25.1 Å². The van der Waals surface area contributed by atoms with Crippen molar-refractivity contribution >= 4 is 11.8 Å². The molecule has 4 aromatic rings. The molecule has 4 rings (SSSR count). The Morgan fingerprint density at radius 1 is 0.963 bits per heavy atom. The van der Waals surface area contributed by atoms with E-state index < -0.39 is 0 Å². The molecule has 136 valence electrons. The number of nitrogens with one attached hydrogen (secondary N) is 4. The summed E-state index contributed by atoms with van der Waals surface area (Å²) in [6.07, 6.45) is 1.55. The summed E-state index contributed by atoms with van der Waals surface area (Å²) in [5.41, 5.74) is 2.99. The highest BCUT2D eigenvalue weighted by molar-refractivity contribution is 7.98. The molecule has 0 fully saturated rings. The molecule has 0 unspecified atom stereocenters. The van der Waals surface area contributed by atoms with Crippen LogP contribution >= 0.6 is 11.8 Å². The highest BCUT2D eigenvalue weighted by atomic mass is 32.2. The Morgan fingerprint density at radius 3 is 2.48 bits per heavy atom. The fourth-order valence-electron chi connectivity index (χ4n) is 2.64. The van der Waals surface area contributed by atoms with Gasteiger partial charge < -0.3 is 15.1 Å². The molecule has 0 aliphatic heterocycles. The minimum absolute atomic E-state index is 0.193. The summed E-state index contributed by atoms with van der Waals surface area (Å²) in [7, 11) is 0. The van der Waals surface area contributed by atoms with Crippen LogP contribution in [-0.2, 0) is 5.75 Å². The molecule has 7 nitrogen and oxygen atoms in total. The molecule has 0 atom stereocenters. The summed E-state index contributed by atoms with van der Waals surface area (Å²) >= 11 is 1.40. The molecule has 27 heavy (non-hydrogen) atoms. The number of benzene rings is 1. The predicted octanol–water partition coefficient (Wildman–Crippen LogP) is 2.88. The Balaban J connectivity index is 1.73. The van der Waals surface area contributed by atoms with Crippen LogP contribution in [0.4, 0.5) is 4.39 Å². The first-order chi connectivity index (χ1) is 13.1. The topological polar surface area (TPSA) is 110 Å². The minimum atomic E-state index is -0.331. The van der Waals surface area contributed by atoms with E-state index in [0.717, 1.165) is 11.3 Å². The van der Waals surface area contributed by atoms with E-state index >= 15 is 0 Å². The lowest BCUT2D eigenvalue weighted by Gasteiger charge is -2.02. The number of imidazole rings is 1. The molecule has 1 aromatic carbocycles. The van der Waals surface area contributed by atoms with Gasteiger partial charge in [-0.1, -0.05) is 11.8 Å². The van der Waals surface area contributed by atoms with Gasteiger partial charge in [0.05, 0.1) is 11.4 Å². The molecule has 9 heteroatoms. The van der Waals surface area contributed by atoms with Crippen molar-refractivity contribution < 1.29 is 4.39 Å². The third-order valence-corrected chi connectivity index (χ3v) is 4.80. The van der Waals surface area contributed by atoms with Crippen LogP contribution < -0.4 is 11.1 Å². The summed E-state index contributed by atoms with van der Waals surface area (Å²) < 4.78 is 13.3. The number of hydrogen-bond donors (Lipinski definition) is 4. The number of rotatable bonds is 5. The molecule has 0 saturated carbocycles. The molecule has 0 saturated heterocycles. The van der Waals surface area contributed by atoms with Crippen LogP contribution in [-0.4, -0.2) is 25.1 Å². The van der Waals surface area contributed by atoms with Gasteiger partial charge in [0.2, 0.25) is 5.56 Å². The van der Waals surface area contributed by atoms with Gasteiger partial charge >= 0.3 is 0 Å². The SMILES string of the molecule is O=c1cc(-c2nc(SCc3cc(=O)[nH][nH]3)[nH]c2-c2ccc(F)cc2)cc[nH]1. The zero-order chi connectivity index (χ0) is 18.8. The summed E-state index contributed by atoms with van der Waals surface area (Å²) in [6, 6.07) is 10.7. The maximum Gasteiger partial charge on any atom is 0.264 e. The van der Waals surface area contributed by atoms with Crippen molar-refractivity contribution in [3.05, 3.63) is 80.9 Å². The minimum Gasteiger partial charge on any atom is -0.332 e. The summed E-state index contributed by atoms with van der Waals surface area (Å²) in [6.45, 7) is 0. The molecule has 0 aliphatic carbocycles. The van der Waals surface area contributed by atoms with Gasteiger partial charge in [-0.15, -0.1) is 0 Å². The van der Waals surface area contributed by atoms with E-state index in [9.17, 15) is 14.0 Å². The van der Waals surface area contributed by atoms with Crippen LogP contribution in [0.1, 0.15) is 5.69 Å². The Hall–Kier alpha value is -3.33. The maximum atomic E-state index is 13.3. The van der Waals surface area contributed by atoms with E-state index in [1.807, 2.05) is 0 Å². The Morgan fingerprint density at radius 2 is 1.78 bits per heavy atom. The van der Waals surface area contributed by atoms with Crippen LogP contribution in [0.2, 0.25) is 0 Å². The number of thioether (sulfide) groups is 1. The van der Waals surface area contributed by atoms with Crippen molar-refractivity contribution in [2.75, 3.05) is 0 Å². The van der Waals surface area contributed by atoms with Crippen molar-refractivity contribution in [2.24, 2.45) is 0 Å².